The molecule has 0 unspecified atom stereocenters. The van der Waals surface area contributed by atoms with Crippen LogP contribution in [0.1, 0.15) is 26.6 Å². The van der Waals surface area contributed by atoms with Gasteiger partial charge in [0.1, 0.15) is 10.6 Å². The first-order valence-electron chi connectivity index (χ1n) is 7.31. The zero-order valence-corrected chi connectivity index (χ0v) is 15.2. The number of nitrogens with one attached hydrogen (secondary N) is 1. The van der Waals surface area contributed by atoms with Crippen LogP contribution >= 0.6 is 21.6 Å². The van der Waals surface area contributed by atoms with Crippen LogP contribution in [0.3, 0.4) is 0 Å². The highest BCUT2D eigenvalue weighted by atomic mass is 32.5. The molecule has 3 rings (SSSR count). The van der Waals surface area contributed by atoms with Crippen molar-refractivity contribution in [3.8, 4) is 0 Å². The molecule has 3 aromatic rings. The van der Waals surface area contributed by atoms with E-state index >= 15 is 0 Å². The summed E-state index contributed by atoms with van der Waals surface area (Å²) < 4.78 is 65.1. The third-order valence-corrected chi connectivity index (χ3v) is 5.71. The Bertz CT molecular complexity index is 1010. The number of carbonyl (C=O) groups is 1. The number of hydrogen-bond acceptors (Lipinski definition) is 3. The van der Waals surface area contributed by atoms with Gasteiger partial charge in [-0.2, -0.15) is 0 Å². The topological polar surface area (TPSA) is 46.4 Å². The summed E-state index contributed by atoms with van der Waals surface area (Å²) in [6.45, 7) is 3.44. The van der Waals surface area contributed by atoms with Gasteiger partial charge in [-0.15, -0.1) is 11.3 Å². The Hall–Kier alpha value is -2.14. The van der Waals surface area contributed by atoms with Gasteiger partial charge in [0.05, 0.1) is 5.69 Å². The monoisotopic (exact) mass is 411 g/mol. The maximum absolute atomic E-state index is 12.7. The van der Waals surface area contributed by atoms with Gasteiger partial charge in [-0.25, -0.2) is 4.98 Å². The Morgan fingerprint density at radius 1 is 1.15 bits per heavy atom. The van der Waals surface area contributed by atoms with Crippen LogP contribution in [0.2, 0.25) is 0 Å². The molecule has 1 N–H and O–H groups in total. The lowest BCUT2D eigenvalue weighted by Gasteiger charge is -2.40. The predicted octanol–water partition coefficient (Wildman–Crippen LogP) is 5.60. The van der Waals surface area contributed by atoms with Gasteiger partial charge in [-0.3, -0.25) is 9.20 Å². The Kier molecular flexibility index (Phi) is 3.72. The van der Waals surface area contributed by atoms with Gasteiger partial charge in [-0.05, 0) is 31.5 Å². The minimum absolute atomic E-state index is 0.102. The summed E-state index contributed by atoms with van der Waals surface area (Å²) in [5.41, 5.74) is 1.11. The second-order valence-corrected chi connectivity index (χ2v) is 9.46. The number of thiazole rings is 1. The number of halogens is 5. The fourth-order valence-electron chi connectivity index (χ4n) is 2.47. The maximum atomic E-state index is 12.7. The van der Waals surface area contributed by atoms with E-state index in [9.17, 15) is 24.2 Å². The number of rotatable bonds is 4. The number of fused-ring (bicyclic) bond motifs is 1. The fourth-order valence-corrected chi connectivity index (χ4v) is 3.99. The molecule has 0 bridgehead atoms. The van der Waals surface area contributed by atoms with Crippen molar-refractivity contribution in [1.82, 2.24) is 14.7 Å². The molecule has 26 heavy (non-hydrogen) atoms. The van der Waals surface area contributed by atoms with Crippen molar-refractivity contribution in [3.05, 3.63) is 52.3 Å². The van der Waals surface area contributed by atoms with Crippen LogP contribution in [0.4, 0.5) is 19.4 Å². The number of carbonyl (C=O) groups excluding carboxylic acids is 1. The highest BCUT2D eigenvalue weighted by Crippen LogP contribution is 3.02. The van der Waals surface area contributed by atoms with E-state index < -0.39 is 21.0 Å². The van der Waals surface area contributed by atoms with Gasteiger partial charge in [0.2, 0.25) is 0 Å². The first-order chi connectivity index (χ1) is 11.7. The van der Waals surface area contributed by atoms with Crippen LogP contribution in [0.5, 0.6) is 0 Å². The third-order valence-electron chi connectivity index (χ3n) is 3.65. The number of hydrogen-bond donors (Lipinski definition) is 1. The molecule has 4 nitrogen and oxygen atoms in total. The lowest BCUT2D eigenvalue weighted by atomic mass is 10.2. The molecule has 2 heterocycles. The fraction of sp³-hybridized carbons (Fsp3) is 0.200. The van der Waals surface area contributed by atoms with Crippen molar-refractivity contribution >= 4 is 32.4 Å². The van der Waals surface area contributed by atoms with E-state index in [1.807, 2.05) is 6.92 Å². The number of amides is 1. The average Bonchev–Trinajstić information content (AvgIpc) is 2.97. The number of nitrogens with zero attached hydrogens (tertiary/aromatic N) is 2. The molecule has 0 atom stereocenters. The minimum atomic E-state index is -9.68. The van der Waals surface area contributed by atoms with Gasteiger partial charge in [0, 0.05) is 17.6 Å². The normalized spacial score (nSPS) is 14.9. The molecular formula is C15H14F5N3OS2. The average molecular weight is 411 g/mol. The molecule has 0 radical (unpaired) electrons. The summed E-state index contributed by atoms with van der Waals surface area (Å²) in [5, 5.41) is 2.57. The van der Waals surface area contributed by atoms with Crippen molar-refractivity contribution in [3.63, 3.8) is 0 Å². The molecule has 0 aliphatic carbocycles. The smallest absolute Gasteiger partial charge is 0.310 e. The van der Waals surface area contributed by atoms with E-state index in [1.54, 1.807) is 17.5 Å². The van der Waals surface area contributed by atoms with E-state index in [0.717, 1.165) is 17.0 Å². The molecule has 0 aliphatic heterocycles. The van der Waals surface area contributed by atoms with Gasteiger partial charge >= 0.3 is 10.2 Å². The Morgan fingerprint density at radius 2 is 1.77 bits per heavy atom. The van der Waals surface area contributed by atoms with Crippen LogP contribution in [-0.2, 0) is 6.54 Å². The number of aryl methyl sites for hydroxylation is 2. The molecule has 1 amide bonds. The van der Waals surface area contributed by atoms with Gasteiger partial charge in [0.25, 0.3) is 5.91 Å². The molecule has 142 valence electrons. The maximum Gasteiger partial charge on any atom is 0.310 e. The largest absolute Gasteiger partial charge is 0.347 e. The SMILES string of the molecule is Cc1cn2c(C(=O)NCc3ccc(S(F)(F)(F)(F)F)cc3)c(C)nc2s1. The lowest BCUT2D eigenvalue weighted by Crippen LogP contribution is -2.24. The van der Waals surface area contributed by atoms with Crippen LogP contribution < -0.4 is 5.32 Å². The van der Waals surface area contributed by atoms with Crippen molar-refractivity contribution in [2.45, 2.75) is 25.3 Å². The number of benzene rings is 1. The zero-order valence-electron chi connectivity index (χ0n) is 13.6. The predicted molar refractivity (Wildman–Crippen MR) is 91.6 cm³/mol. The number of aromatic nitrogens is 2. The molecule has 0 saturated heterocycles. The van der Waals surface area contributed by atoms with Gasteiger partial charge in [-0.1, -0.05) is 31.6 Å². The van der Waals surface area contributed by atoms with Gasteiger partial charge in [0.15, 0.2) is 4.96 Å². The molecule has 1 aromatic carbocycles. The van der Waals surface area contributed by atoms with E-state index in [0.29, 0.717) is 28.5 Å². The summed E-state index contributed by atoms with van der Waals surface area (Å²) in [6, 6.07) is 2.49. The highest BCUT2D eigenvalue weighted by molar-refractivity contribution is 8.45. The van der Waals surface area contributed by atoms with E-state index in [1.165, 1.54) is 11.3 Å². The summed E-state index contributed by atoms with van der Waals surface area (Å²) in [5.74, 6) is -0.454. The zero-order chi connectivity index (χ0) is 19.4. The Balaban J connectivity index is 1.77. The number of imidazole rings is 1. The first kappa shape index (κ1) is 18.6. The van der Waals surface area contributed by atoms with Crippen molar-refractivity contribution < 1.29 is 24.2 Å². The van der Waals surface area contributed by atoms with Crippen LogP contribution in [0.15, 0.2) is 35.4 Å². The minimum Gasteiger partial charge on any atom is -0.347 e. The third kappa shape index (κ3) is 3.68. The standard InChI is InChI=1S/C15H14F5N3OS2/c1-9-8-23-13(10(2)22-15(23)25-9)14(24)21-7-11-3-5-12(6-4-11)26(16,17,18,19)20/h3-6,8H,7H2,1-2H3,(H,21,24). The van der Waals surface area contributed by atoms with Gasteiger partial charge < -0.3 is 5.32 Å². The van der Waals surface area contributed by atoms with Crippen molar-refractivity contribution in [2.24, 2.45) is 0 Å². The summed E-state index contributed by atoms with van der Waals surface area (Å²) >= 11 is 1.42. The highest BCUT2D eigenvalue weighted by Gasteiger charge is 2.65. The molecule has 0 spiro atoms. The second kappa shape index (κ2) is 5.19. The Morgan fingerprint density at radius 3 is 2.35 bits per heavy atom. The van der Waals surface area contributed by atoms with E-state index in [4.69, 9.17) is 0 Å². The van der Waals surface area contributed by atoms with E-state index in [-0.39, 0.29) is 12.1 Å². The lowest BCUT2D eigenvalue weighted by molar-refractivity contribution is 0.0944. The first-order valence-corrected chi connectivity index (χ1v) is 10.1. The molecule has 11 heteroatoms. The van der Waals surface area contributed by atoms with Crippen LogP contribution in [-0.4, -0.2) is 15.3 Å². The second-order valence-electron chi connectivity index (χ2n) is 5.84. The molecule has 0 aliphatic rings. The quantitative estimate of drug-likeness (QED) is 0.568. The molecule has 0 saturated carbocycles. The molecule has 2 aromatic heterocycles. The summed E-state index contributed by atoms with van der Waals surface area (Å²) in [4.78, 5) is 16.3. The van der Waals surface area contributed by atoms with E-state index in [2.05, 4.69) is 10.3 Å². The van der Waals surface area contributed by atoms with Crippen LogP contribution in [0.25, 0.3) is 4.96 Å². The molecule has 0 fully saturated rings. The summed E-state index contributed by atoms with van der Waals surface area (Å²) in [6.07, 6.45) is 1.76. The van der Waals surface area contributed by atoms with Crippen molar-refractivity contribution in [1.29, 1.82) is 0 Å². The summed E-state index contributed by atoms with van der Waals surface area (Å²) in [7, 11) is -9.68. The van der Waals surface area contributed by atoms with Crippen LogP contribution in [0, 0.1) is 13.8 Å². The molecular weight excluding hydrogens is 397 g/mol. The Labute approximate surface area is 149 Å². The van der Waals surface area contributed by atoms with Crippen molar-refractivity contribution in [2.75, 3.05) is 0 Å².